The molecule has 0 aliphatic heterocycles. The highest BCUT2D eigenvalue weighted by molar-refractivity contribution is 7.17. The van der Waals surface area contributed by atoms with Gasteiger partial charge in [0.05, 0.1) is 0 Å². The Kier molecular flexibility index (Phi) is 5.68. The molecule has 0 saturated heterocycles. The number of rotatable bonds is 6. The molecule has 2 aromatic carbocycles. The lowest BCUT2D eigenvalue weighted by molar-refractivity contribution is 0.242. The number of carbonyl (C=O) groups is 1. The summed E-state index contributed by atoms with van der Waals surface area (Å²) in [4.78, 5) is 14.3. The number of benzene rings is 2. The molecule has 3 rings (SSSR count). The van der Waals surface area contributed by atoms with Gasteiger partial charge in [0.15, 0.2) is 0 Å². The van der Waals surface area contributed by atoms with Gasteiger partial charge in [-0.15, -0.1) is 11.3 Å². The number of urea groups is 1. The van der Waals surface area contributed by atoms with Crippen LogP contribution in [0.3, 0.4) is 0 Å². The number of fused-ring (bicyclic) bond motifs is 1. The Balaban J connectivity index is 1.61. The standard InChI is InChI=1S/C20H23N3OS/c1-23(2)17(12-15-14-25-19-11-7-6-10-18(15)19)13-21-20(24)22-16-8-4-3-5-9-16/h3-11,14,17H,12-13H2,1-2H3,(H2,21,22,24)/t17-/m0/s1. The first-order valence-corrected chi connectivity index (χ1v) is 9.23. The lowest BCUT2D eigenvalue weighted by Gasteiger charge is -2.24. The van der Waals surface area contributed by atoms with Gasteiger partial charge in [-0.2, -0.15) is 0 Å². The first-order chi connectivity index (χ1) is 12.1. The highest BCUT2D eigenvalue weighted by Crippen LogP contribution is 2.27. The van der Waals surface area contributed by atoms with Gasteiger partial charge < -0.3 is 15.5 Å². The van der Waals surface area contributed by atoms with E-state index < -0.39 is 0 Å². The third-order valence-corrected chi connectivity index (χ3v) is 5.29. The van der Waals surface area contributed by atoms with Crippen LogP contribution in [0, 0.1) is 0 Å². The number of thiophene rings is 1. The maximum atomic E-state index is 12.1. The summed E-state index contributed by atoms with van der Waals surface area (Å²) in [5.41, 5.74) is 2.13. The minimum atomic E-state index is -0.173. The lowest BCUT2D eigenvalue weighted by Crippen LogP contribution is -2.42. The van der Waals surface area contributed by atoms with Gasteiger partial charge in [-0.25, -0.2) is 4.79 Å². The highest BCUT2D eigenvalue weighted by atomic mass is 32.1. The van der Waals surface area contributed by atoms with Gasteiger partial charge >= 0.3 is 6.03 Å². The molecule has 0 bridgehead atoms. The molecule has 3 aromatic rings. The first kappa shape index (κ1) is 17.5. The van der Waals surface area contributed by atoms with E-state index in [9.17, 15) is 4.79 Å². The van der Waals surface area contributed by atoms with Gasteiger partial charge in [0.1, 0.15) is 0 Å². The van der Waals surface area contributed by atoms with Gasteiger partial charge in [0.2, 0.25) is 0 Å². The van der Waals surface area contributed by atoms with Crippen LogP contribution in [0.15, 0.2) is 60.0 Å². The summed E-state index contributed by atoms with van der Waals surface area (Å²) in [6.07, 6.45) is 0.905. The van der Waals surface area contributed by atoms with E-state index in [0.29, 0.717) is 6.54 Å². The largest absolute Gasteiger partial charge is 0.336 e. The molecule has 0 aliphatic carbocycles. The fourth-order valence-electron chi connectivity index (χ4n) is 2.79. The first-order valence-electron chi connectivity index (χ1n) is 8.35. The molecule has 0 unspecified atom stereocenters. The number of amides is 2. The van der Waals surface area contributed by atoms with Gasteiger partial charge in [0.25, 0.3) is 0 Å². The number of anilines is 1. The van der Waals surface area contributed by atoms with E-state index in [1.165, 1.54) is 15.6 Å². The number of nitrogens with one attached hydrogen (secondary N) is 2. The molecule has 0 aliphatic rings. The summed E-state index contributed by atoms with van der Waals surface area (Å²) in [6, 6.07) is 18.0. The summed E-state index contributed by atoms with van der Waals surface area (Å²) in [6.45, 7) is 0.593. The second kappa shape index (κ2) is 8.14. The fraction of sp³-hybridized carbons (Fsp3) is 0.250. The van der Waals surface area contributed by atoms with Crippen LogP contribution >= 0.6 is 11.3 Å². The summed E-state index contributed by atoms with van der Waals surface area (Å²) in [5, 5.41) is 9.38. The normalized spacial score (nSPS) is 12.3. The topological polar surface area (TPSA) is 44.4 Å². The van der Waals surface area contributed by atoms with Crippen molar-refractivity contribution in [1.29, 1.82) is 0 Å². The molecule has 0 radical (unpaired) electrons. The van der Waals surface area contributed by atoms with Gasteiger partial charge in [-0.05, 0) is 55.0 Å². The molecule has 4 nitrogen and oxygen atoms in total. The monoisotopic (exact) mass is 353 g/mol. The Labute approximate surface area is 152 Å². The Bertz CT molecular complexity index is 829. The van der Waals surface area contributed by atoms with Crippen molar-refractivity contribution in [3.8, 4) is 0 Å². The predicted molar refractivity (Wildman–Crippen MR) is 106 cm³/mol. The zero-order chi connectivity index (χ0) is 17.6. The van der Waals surface area contributed by atoms with Crippen molar-refractivity contribution >= 4 is 33.1 Å². The van der Waals surface area contributed by atoms with E-state index in [1.807, 2.05) is 30.3 Å². The molecule has 2 N–H and O–H groups in total. The van der Waals surface area contributed by atoms with Crippen LogP contribution in [0.5, 0.6) is 0 Å². The van der Waals surface area contributed by atoms with Gasteiger partial charge in [0, 0.05) is 23.0 Å². The zero-order valence-corrected chi connectivity index (χ0v) is 15.3. The van der Waals surface area contributed by atoms with E-state index in [0.717, 1.165) is 12.1 Å². The lowest BCUT2D eigenvalue weighted by atomic mass is 10.0. The zero-order valence-electron chi connectivity index (χ0n) is 14.5. The molecule has 1 aromatic heterocycles. The van der Waals surface area contributed by atoms with Crippen LogP contribution in [0.2, 0.25) is 0 Å². The third kappa shape index (κ3) is 4.59. The van der Waals surface area contributed by atoms with E-state index in [4.69, 9.17) is 0 Å². The van der Waals surface area contributed by atoms with Crippen LogP contribution < -0.4 is 10.6 Å². The molecule has 130 valence electrons. The maximum Gasteiger partial charge on any atom is 0.319 e. The van der Waals surface area contributed by atoms with Crippen molar-refractivity contribution in [3.63, 3.8) is 0 Å². The Morgan fingerprint density at radius 1 is 1.08 bits per heavy atom. The average molecular weight is 353 g/mol. The van der Waals surface area contributed by atoms with Crippen LogP contribution in [0.4, 0.5) is 10.5 Å². The number of hydrogen-bond acceptors (Lipinski definition) is 3. The van der Waals surface area contributed by atoms with Crippen molar-refractivity contribution in [2.75, 3.05) is 26.0 Å². The molecule has 5 heteroatoms. The average Bonchev–Trinajstić information content (AvgIpc) is 3.02. The quantitative estimate of drug-likeness (QED) is 0.698. The van der Waals surface area contributed by atoms with Gasteiger partial charge in [-0.3, -0.25) is 0 Å². The Morgan fingerprint density at radius 2 is 1.80 bits per heavy atom. The van der Waals surface area contributed by atoms with Crippen molar-refractivity contribution in [1.82, 2.24) is 10.2 Å². The number of hydrogen-bond donors (Lipinski definition) is 2. The minimum Gasteiger partial charge on any atom is -0.336 e. The van der Waals surface area contributed by atoms with E-state index >= 15 is 0 Å². The predicted octanol–water partition coefficient (Wildman–Crippen LogP) is 4.20. The SMILES string of the molecule is CN(C)[C@H](CNC(=O)Nc1ccccc1)Cc1csc2ccccc12. The molecular weight excluding hydrogens is 330 g/mol. The fourth-order valence-corrected chi connectivity index (χ4v) is 3.76. The van der Waals surface area contributed by atoms with E-state index in [-0.39, 0.29) is 12.1 Å². The molecule has 1 atom stereocenters. The Morgan fingerprint density at radius 3 is 2.56 bits per heavy atom. The number of para-hydroxylation sites is 1. The van der Waals surface area contributed by atoms with E-state index in [1.54, 1.807) is 11.3 Å². The second-order valence-electron chi connectivity index (χ2n) is 6.28. The summed E-state index contributed by atoms with van der Waals surface area (Å²) in [5.74, 6) is 0. The van der Waals surface area contributed by atoms with Crippen LogP contribution in [-0.4, -0.2) is 37.6 Å². The second-order valence-corrected chi connectivity index (χ2v) is 7.19. The highest BCUT2D eigenvalue weighted by Gasteiger charge is 2.16. The number of likely N-dealkylation sites (N-methyl/N-ethyl adjacent to an activating group) is 1. The summed E-state index contributed by atoms with van der Waals surface area (Å²) in [7, 11) is 4.10. The van der Waals surface area contributed by atoms with Crippen LogP contribution in [-0.2, 0) is 6.42 Å². The van der Waals surface area contributed by atoms with Crippen molar-refractivity contribution in [2.45, 2.75) is 12.5 Å². The molecule has 1 heterocycles. The molecule has 2 amide bonds. The van der Waals surface area contributed by atoms with Crippen molar-refractivity contribution in [3.05, 3.63) is 65.5 Å². The number of nitrogens with zero attached hydrogens (tertiary/aromatic N) is 1. The molecular formula is C20H23N3OS. The maximum absolute atomic E-state index is 12.1. The number of carbonyl (C=O) groups excluding carboxylic acids is 1. The van der Waals surface area contributed by atoms with Crippen LogP contribution in [0.25, 0.3) is 10.1 Å². The van der Waals surface area contributed by atoms with E-state index in [2.05, 4.69) is 59.3 Å². The summed E-state index contributed by atoms with van der Waals surface area (Å²) < 4.78 is 1.31. The Hall–Kier alpha value is -2.37. The minimum absolute atomic E-state index is 0.173. The van der Waals surface area contributed by atoms with Crippen LogP contribution in [0.1, 0.15) is 5.56 Å². The molecule has 0 spiro atoms. The van der Waals surface area contributed by atoms with Crippen molar-refractivity contribution < 1.29 is 4.79 Å². The third-order valence-electron chi connectivity index (χ3n) is 4.28. The smallest absolute Gasteiger partial charge is 0.319 e. The molecule has 25 heavy (non-hydrogen) atoms. The molecule has 0 fully saturated rings. The van der Waals surface area contributed by atoms with Gasteiger partial charge in [-0.1, -0.05) is 36.4 Å². The van der Waals surface area contributed by atoms with Crippen molar-refractivity contribution in [2.24, 2.45) is 0 Å². The molecule has 0 saturated carbocycles. The summed E-state index contributed by atoms with van der Waals surface area (Å²) >= 11 is 1.78.